The monoisotopic (exact) mass is 500 g/mol. The zero-order valence-corrected chi connectivity index (χ0v) is 21.6. The number of rotatable bonds is 14. The van der Waals surface area contributed by atoms with Crippen molar-refractivity contribution in [1.29, 1.82) is 0 Å². The van der Waals surface area contributed by atoms with Crippen LogP contribution < -0.4 is 19.9 Å². The third-order valence-electron chi connectivity index (χ3n) is 6.51. The van der Waals surface area contributed by atoms with Gasteiger partial charge in [-0.05, 0) is 42.3 Å². The lowest BCUT2D eigenvalue weighted by Crippen LogP contribution is -2.42. The number of nitrogens with zero attached hydrogens (tertiary/aromatic N) is 2. The van der Waals surface area contributed by atoms with E-state index in [0.717, 1.165) is 17.7 Å². The molecule has 0 N–H and O–H groups in total. The van der Waals surface area contributed by atoms with E-state index in [2.05, 4.69) is 6.92 Å². The van der Waals surface area contributed by atoms with Gasteiger partial charge in [0.05, 0.1) is 12.2 Å². The van der Waals surface area contributed by atoms with E-state index in [0.29, 0.717) is 27.9 Å². The Hall–Kier alpha value is -3.80. The van der Waals surface area contributed by atoms with Crippen LogP contribution in [0.2, 0.25) is 0 Å². The van der Waals surface area contributed by atoms with Crippen molar-refractivity contribution < 1.29 is 14.3 Å². The molecular formula is C31H36N2O4. The standard InChI is InChI=1S/C31H36N2O4/c1-2-3-4-5-6-7-8-14-23-36-27-21-19-26(20-22-27)30-31(34)33(37-24-25-15-10-9-11-16-25)29-18-13-12-17-28(29)32(30)35/h9-13,15-22H,2-8,14,23-24H2,1H3. The second kappa shape index (κ2) is 13.5. The normalized spacial score (nSPS) is 11.1. The Labute approximate surface area is 218 Å². The van der Waals surface area contributed by atoms with Crippen molar-refractivity contribution in [3.63, 3.8) is 0 Å². The summed E-state index contributed by atoms with van der Waals surface area (Å²) in [5.74, 6) is 0.727. The summed E-state index contributed by atoms with van der Waals surface area (Å²) in [6, 6.07) is 23.7. The van der Waals surface area contributed by atoms with Crippen molar-refractivity contribution in [1.82, 2.24) is 4.73 Å². The number of para-hydroxylation sites is 2. The molecule has 0 radical (unpaired) electrons. The number of fused-ring (bicyclic) bond motifs is 1. The first-order chi connectivity index (χ1) is 18.2. The van der Waals surface area contributed by atoms with E-state index < -0.39 is 5.56 Å². The first-order valence-electron chi connectivity index (χ1n) is 13.4. The van der Waals surface area contributed by atoms with Gasteiger partial charge in [-0.3, -0.25) is 4.79 Å². The van der Waals surface area contributed by atoms with Gasteiger partial charge in [0.15, 0.2) is 5.52 Å². The molecule has 37 heavy (non-hydrogen) atoms. The maximum Gasteiger partial charge on any atom is 0.357 e. The highest BCUT2D eigenvalue weighted by atomic mass is 16.7. The molecule has 0 unspecified atom stereocenters. The highest BCUT2D eigenvalue weighted by Gasteiger charge is 2.23. The predicted octanol–water partition coefficient (Wildman–Crippen LogP) is 6.45. The fourth-order valence-electron chi connectivity index (χ4n) is 4.44. The molecule has 6 nitrogen and oxygen atoms in total. The summed E-state index contributed by atoms with van der Waals surface area (Å²) in [6.45, 7) is 3.10. The van der Waals surface area contributed by atoms with Gasteiger partial charge in [0.1, 0.15) is 12.4 Å². The van der Waals surface area contributed by atoms with Crippen LogP contribution in [0.25, 0.3) is 22.3 Å². The Balaban J connectivity index is 1.45. The van der Waals surface area contributed by atoms with Gasteiger partial charge < -0.3 is 14.8 Å². The fraction of sp³-hybridized carbons (Fsp3) is 0.355. The Morgan fingerprint density at radius 2 is 1.43 bits per heavy atom. The van der Waals surface area contributed by atoms with Crippen molar-refractivity contribution in [2.24, 2.45) is 0 Å². The summed E-state index contributed by atoms with van der Waals surface area (Å²) >= 11 is 0. The van der Waals surface area contributed by atoms with Crippen LogP contribution in [0, 0.1) is 5.21 Å². The Morgan fingerprint density at radius 3 is 2.16 bits per heavy atom. The zero-order valence-electron chi connectivity index (χ0n) is 21.6. The summed E-state index contributed by atoms with van der Waals surface area (Å²) in [6.07, 6.45) is 10.00. The van der Waals surface area contributed by atoms with E-state index in [9.17, 15) is 10.0 Å². The summed E-state index contributed by atoms with van der Waals surface area (Å²) in [5, 5.41) is 13.2. The van der Waals surface area contributed by atoms with Gasteiger partial charge >= 0.3 is 5.56 Å². The minimum absolute atomic E-state index is 0.0152. The first kappa shape index (κ1) is 26.3. The number of hydrogen-bond donors (Lipinski definition) is 0. The molecule has 6 heteroatoms. The quantitative estimate of drug-likeness (QED) is 0.113. The highest BCUT2D eigenvalue weighted by molar-refractivity contribution is 5.73. The summed E-state index contributed by atoms with van der Waals surface area (Å²) in [4.78, 5) is 19.4. The highest BCUT2D eigenvalue weighted by Crippen LogP contribution is 2.20. The topological polar surface area (TPSA) is 67.4 Å². The molecule has 194 valence electrons. The van der Waals surface area contributed by atoms with Crippen LogP contribution in [0.1, 0.15) is 63.9 Å². The van der Waals surface area contributed by atoms with Crippen LogP contribution in [-0.4, -0.2) is 11.3 Å². The minimum atomic E-state index is -0.503. The minimum Gasteiger partial charge on any atom is -0.618 e. The van der Waals surface area contributed by atoms with Crippen molar-refractivity contribution in [3.8, 4) is 17.0 Å². The third kappa shape index (κ3) is 6.91. The van der Waals surface area contributed by atoms with E-state index in [1.807, 2.05) is 42.5 Å². The van der Waals surface area contributed by atoms with E-state index in [-0.39, 0.29) is 12.3 Å². The fourth-order valence-corrected chi connectivity index (χ4v) is 4.44. The van der Waals surface area contributed by atoms with Gasteiger partial charge in [-0.2, -0.15) is 4.73 Å². The van der Waals surface area contributed by atoms with Crippen LogP contribution in [0.4, 0.5) is 0 Å². The molecule has 0 spiro atoms. The number of aromatic nitrogens is 2. The molecule has 0 saturated heterocycles. The zero-order chi connectivity index (χ0) is 25.9. The van der Waals surface area contributed by atoms with Crippen LogP contribution >= 0.6 is 0 Å². The van der Waals surface area contributed by atoms with E-state index in [1.54, 1.807) is 36.4 Å². The van der Waals surface area contributed by atoms with E-state index in [1.165, 1.54) is 49.7 Å². The molecule has 1 aromatic heterocycles. The van der Waals surface area contributed by atoms with Gasteiger partial charge in [-0.15, -0.1) is 4.73 Å². The van der Waals surface area contributed by atoms with Crippen LogP contribution in [0.15, 0.2) is 83.7 Å². The largest absolute Gasteiger partial charge is 0.618 e. The SMILES string of the molecule is CCCCCCCCCCOc1ccc(-c2c(=O)n(OCc3ccccc3)c3ccccc3[n+]2[O-])cc1. The van der Waals surface area contributed by atoms with Crippen molar-refractivity contribution in [3.05, 3.63) is 100.0 Å². The van der Waals surface area contributed by atoms with Crippen molar-refractivity contribution in [2.45, 2.75) is 64.9 Å². The molecule has 0 aliphatic carbocycles. The first-order valence-corrected chi connectivity index (χ1v) is 13.4. The summed E-state index contributed by atoms with van der Waals surface area (Å²) in [5.41, 5.74) is 1.74. The number of benzene rings is 3. The van der Waals surface area contributed by atoms with Gasteiger partial charge in [-0.1, -0.05) is 94.3 Å². The lowest BCUT2D eigenvalue weighted by molar-refractivity contribution is -0.566. The number of unbranched alkanes of at least 4 members (excludes halogenated alkanes) is 7. The Kier molecular flexibility index (Phi) is 9.58. The van der Waals surface area contributed by atoms with Gasteiger partial charge in [0.25, 0.3) is 5.69 Å². The van der Waals surface area contributed by atoms with Crippen LogP contribution in [0.5, 0.6) is 5.75 Å². The van der Waals surface area contributed by atoms with E-state index >= 15 is 0 Å². The van der Waals surface area contributed by atoms with Crippen LogP contribution in [-0.2, 0) is 6.61 Å². The second-order valence-corrected chi connectivity index (χ2v) is 9.34. The molecule has 4 rings (SSSR count). The Morgan fingerprint density at radius 1 is 0.784 bits per heavy atom. The summed E-state index contributed by atoms with van der Waals surface area (Å²) < 4.78 is 7.80. The average Bonchev–Trinajstić information content (AvgIpc) is 2.93. The molecule has 0 fully saturated rings. The lowest BCUT2D eigenvalue weighted by Gasteiger charge is -2.14. The summed E-state index contributed by atoms with van der Waals surface area (Å²) in [7, 11) is 0. The molecule has 4 aromatic rings. The van der Waals surface area contributed by atoms with Crippen molar-refractivity contribution >= 4 is 11.0 Å². The van der Waals surface area contributed by atoms with Gasteiger partial charge in [0, 0.05) is 6.07 Å². The predicted molar refractivity (Wildman–Crippen MR) is 147 cm³/mol. The van der Waals surface area contributed by atoms with E-state index in [4.69, 9.17) is 9.57 Å². The molecule has 1 heterocycles. The maximum absolute atomic E-state index is 13.5. The molecule has 0 bridgehead atoms. The van der Waals surface area contributed by atoms with Gasteiger partial charge in [-0.25, -0.2) is 0 Å². The molecule has 0 atom stereocenters. The average molecular weight is 501 g/mol. The Bertz CT molecular complexity index is 1320. The molecule has 0 amide bonds. The maximum atomic E-state index is 13.5. The van der Waals surface area contributed by atoms with Crippen molar-refractivity contribution in [2.75, 3.05) is 6.61 Å². The smallest absolute Gasteiger partial charge is 0.357 e. The second-order valence-electron chi connectivity index (χ2n) is 9.34. The lowest BCUT2D eigenvalue weighted by atomic mass is 10.1. The molecular weight excluding hydrogens is 464 g/mol. The molecule has 0 saturated carbocycles. The molecule has 3 aromatic carbocycles. The van der Waals surface area contributed by atoms with Gasteiger partial charge in [0.2, 0.25) is 5.52 Å². The van der Waals surface area contributed by atoms with Crippen LogP contribution in [0.3, 0.4) is 0 Å². The number of ether oxygens (including phenoxy) is 1. The molecule has 0 aliphatic heterocycles. The third-order valence-corrected chi connectivity index (χ3v) is 6.51. The number of hydrogen-bond acceptors (Lipinski definition) is 4. The molecule has 0 aliphatic rings.